The molecule has 1 rings (SSSR count). The molecule has 1 N–H and O–H groups in total. The topological polar surface area (TPSA) is 34.3 Å². The zero-order valence-corrected chi connectivity index (χ0v) is 4.91. The molecule has 0 atom stereocenters. The summed E-state index contributed by atoms with van der Waals surface area (Å²) in [4.78, 5) is 3.57. The molecule has 0 aliphatic rings. The van der Waals surface area contributed by atoms with Gasteiger partial charge in [0, 0.05) is 6.07 Å². The van der Waals surface area contributed by atoms with Gasteiger partial charge in [0.15, 0.2) is 5.75 Å². The molecule has 0 aromatic heterocycles. The molecule has 0 fully saturated rings. The number of para-hydroxylation sites is 2. The van der Waals surface area contributed by atoms with Crippen LogP contribution in [0.5, 0.6) is 5.75 Å². The summed E-state index contributed by atoms with van der Waals surface area (Å²) >= 11 is 0. The molecule has 1 aromatic rings. The van der Waals surface area contributed by atoms with Crippen LogP contribution >= 0.6 is 0 Å². The van der Waals surface area contributed by atoms with Crippen LogP contribution in [0.1, 0.15) is 0 Å². The molecule has 0 heterocycles. The molecule has 2 heteroatoms. The highest BCUT2D eigenvalue weighted by atomic mass is 16.3. The number of aliphatic imine (C=N–C) groups is 1. The summed E-state index contributed by atoms with van der Waals surface area (Å²) in [6.45, 7) is 3.28. The van der Waals surface area contributed by atoms with Crippen LogP contribution < -0.4 is 4.99 Å². The molecule has 0 bridgehead atoms. The molecule has 0 spiro atoms. The second kappa shape index (κ2) is 2.31. The van der Waals surface area contributed by atoms with E-state index in [-0.39, 0.29) is 5.75 Å². The van der Waals surface area contributed by atoms with Crippen molar-refractivity contribution in [3.05, 3.63) is 24.3 Å². The Morgan fingerprint density at radius 3 is 2.44 bits per heavy atom. The third-order valence-corrected chi connectivity index (χ3v) is 1.05. The average Bonchev–Trinajstić information content (AvgIpc) is 1.89. The molecule has 1 radical (unpaired) electrons. The van der Waals surface area contributed by atoms with Crippen molar-refractivity contribution in [1.29, 1.82) is 0 Å². The molecular formula is C7H7NO+. The Hall–Kier alpha value is -1.31. The Labute approximate surface area is 53.5 Å². The van der Waals surface area contributed by atoms with E-state index in [4.69, 9.17) is 5.11 Å². The number of phenolic OH excluding ortho intramolecular Hbond substituents is 1. The van der Waals surface area contributed by atoms with Crippen molar-refractivity contribution < 1.29 is 5.11 Å². The summed E-state index contributed by atoms with van der Waals surface area (Å²) in [6, 6.07) is 6.81. The van der Waals surface area contributed by atoms with Gasteiger partial charge in [-0.2, -0.15) is 0 Å². The Kier molecular flexibility index (Phi) is 1.49. The Bertz CT molecular complexity index is 220. The van der Waals surface area contributed by atoms with Gasteiger partial charge in [-0.05, 0) is 6.07 Å². The quantitative estimate of drug-likeness (QED) is 0.554. The highest BCUT2D eigenvalue weighted by molar-refractivity contribution is 5.52. The van der Waals surface area contributed by atoms with Gasteiger partial charge >= 0.3 is 5.69 Å². The van der Waals surface area contributed by atoms with Crippen LogP contribution in [0.15, 0.2) is 24.3 Å². The van der Waals surface area contributed by atoms with E-state index in [2.05, 4.69) is 11.7 Å². The highest BCUT2D eigenvalue weighted by Gasteiger charge is 2.03. The highest BCUT2D eigenvalue weighted by Crippen LogP contribution is 2.18. The van der Waals surface area contributed by atoms with Crippen molar-refractivity contribution in [2.24, 2.45) is 0 Å². The number of hydrogen-bond donors (Lipinski definition) is 1. The first-order valence-electron chi connectivity index (χ1n) is 2.59. The minimum atomic E-state index is 0.174. The predicted octanol–water partition coefficient (Wildman–Crippen LogP) is 1.06. The molecule has 0 aliphatic heterocycles. The fourth-order valence-electron chi connectivity index (χ4n) is 0.598. The van der Waals surface area contributed by atoms with Crippen molar-refractivity contribution >= 4 is 12.4 Å². The summed E-state index contributed by atoms with van der Waals surface area (Å²) in [5, 5.41) is 8.98. The van der Waals surface area contributed by atoms with E-state index in [0.29, 0.717) is 5.69 Å². The monoisotopic (exact) mass is 121 g/mol. The van der Waals surface area contributed by atoms with Crippen LogP contribution in [-0.2, 0) is 0 Å². The summed E-state index contributed by atoms with van der Waals surface area (Å²) in [5.41, 5.74) is 0.525. The number of aromatic hydroxyl groups is 1. The van der Waals surface area contributed by atoms with E-state index in [1.54, 1.807) is 24.3 Å². The van der Waals surface area contributed by atoms with Crippen molar-refractivity contribution in [2.45, 2.75) is 0 Å². The van der Waals surface area contributed by atoms with Crippen LogP contribution in [0, 0.1) is 0 Å². The van der Waals surface area contributed by atoms with Gasteiger partial charge in [-0.15, -0.1) is 0 Å². The van der Waals surface area contributed by atoms with Crippen LogP contribution in [0.25, 0.3) is 0 Å². The lowest BCUT2D eigenvalue weighted by atomic mass is 10.3. The lowest BCUT2D eigenvalue weighted by molar-refractivity contribution is 0.476. The van der Waals surface area contributed by atoms with Crippen molar-refractivity contribution in [3.63, 3.8) is 0 Å². The van der Waals surface area contributed by atoms with Crippen molar-refractivity contribution in [1.82, 2.24) is 4.99 Å². The number of hydrogen-bond acceptors (Lipinski definition) is 2. The number of rotatable bonds is 1. The van der Waals surface area contributed by atoms with E-state index in [9.17, 15) is 0 Å². The lowest BCUT2D eigenvalue weighted by Gasteiger charge is -1.83. The van der Waals surface area contributed by atoms with E-state index in [1.807, 2.05) is 0 Å². The Morgan fingerprint density at radius 2 is 2.00 bits per heavy atom. The molecule has 9 heavy (non-hydrogen) atoms. The van der Waals surface area contributed by atoms with E-state index in [1.165, 1.54) is 0 Å². The van der Waals surface area contributed by atoms with Gasteiger partial charge in [-0.3, -0.25) is 0 Å². The molecule has 2 nitrogen and oxygen atoms in total. The van der Waals surface area contributed by atoms with Gasteiger partial charge in [-0.25, -0.2) is 0 Å². The maximum atomic E-state index is 8.98. The Morgan fingerprint density at radius 1 is 1.33 bits per heavy atom. The standard InChI is InChI=1S/C7H7NO/c1-8-6-4-2-3-5-7(6)9/h2-5,9H,1H2/q+1. The van der Waals surface area contributed by atoms with E-state index >= 15 is 0 Å². The van der Waals surface area contributed by atoms with Crippen molar-refractivity contribution in [2.75, 3.05) is 0 Å². The first-order chi connectivity index (χ1) is 4.34. The normalized spacial score (nSPS) is 8.89. The lowest BCUT2D eigenvalue weighted by Crippen LogP contribution is -1.74. The minimum absolute atomic E-state index is 0.174. The first-order valence-corrected chi connectivity index (χ1v) is 2.59. The number of benzene rings is 1. The van der Waals surface area contributed by atoms with Gasteiger partial charge in [0.2, 0.25) is 6.72 Å². The maximum absolute atomic E-state index is 8.98. The molecule has 0 unspecified atom stereocenters. The first kappa shape index (κ1) is 5.82. The van der Waals surface area contributed by atoms with Crippen molar-refractivity contribution in [3.8, 4) is 5.75 Å². The SMILES string of the molecule is C=[N+]c1ccccc1O. The molecule has 1 aromatic carbocycles. The zero-order chi connectivity index (χ0) is 6.69. The second-order valence-electron chi connectivity index (χ2n) is 1.65. The van der Waals surface area contributed by atoms with Gasteiger partial charge in [0.25, 0.3) is 0 Å². The molecule has 0 saturated carbocycles. The van der Waals surface area contributed by atoms with Gasteiger partial charge < -0.3 is 5.11 Å². The third kappa shape index (κ3) is 1.08. The second-order valence-corrected chi connectivity index (χ2v) is 1.65. The smallest absolute Gasteiger partial charge is 0.317 e. The van der Waals surface area contributed by atoms with Crippen LogP contribution in [-0.4, -0.2) is 11.8 Å². The fourth-order valence-corrected chi connectivity index (χ4v) is 0.598. The molecular weight excluding hydrogens is 114 g/mol. The van der Waals surface area contributed by atoms with Crippen LogP contribution in [0.3, 0.4) is 0 Å². The predicted molar refractivity (Wildman–Crippen MR) is 37.0 cm³/mol. The fraction of sp³-hybridized carbons (Fsp3) is 0. The average molecular weight is 121 g/mol. The largest absolute Gasteiger partial charge is 0.502 e. The molecule has 45 valence electrons. The van der Waals surface area contributed by atoms with Crippen LogP contribution in [0.2, 0.25) is 0 Å². The van der Waals surface area contributed by atoms with Crippen LogP contribution in [0.4, 0.5) is 5.69 Å². The zero-order valence-electron chi connectivity index (χ0n) is 4.91. The number of nitrogens with zero attached hydrogens (tertiary/aromatic N) is 1. The summed E-state index contributed by atoms with van der Waals surface area (Å²) in [5.74, 6) is 0.174. The van der Waals surface area contributed by atoms with Gasteiger partial charge in [-0.1, -0.05) is 12.1 Å². The molecule has 0 saturated heterocycles. The minimum Gasteiger partial charge on any atom is -0.502 e. The Balaban J connectivity index is 3.15. The molecule has 0 amide bonds. The number of phenols is 1. The van der Waals surface area contributed by atoms with E-state index < -0.39 is 0 Å². The summed E-state index contributed by atoms with van der Waals surface area (Å²) in [7, 11) is 0. The van der Waals surface area contributed by atoms with Gasteiger partial charge in [0.1, 0.15) is 0 Å². The molecule has 0 aliphatic carbocycles. The van der Waals surface area contributed by atoms with Gasteiger partial charge in [0.05, 0.1) is 4.99 Å². The summed E-state index contributed by atoms with van der Waals surface area (Å²) in [6.07, 6.45) is 0. The summed E-state index contributed by atoms with van der Waals surface area (Å²) < 4.78 is 0. The maximum Gasteiger partial charge on any atom is 0.317 e. The van der Waals surface area contributed by atoms with E-state index in [0.717, 1.165) is 0 Å². The third-order valence-electron chi connectivity index (χ3n) is 1.05.